The first kappa shape index (κ1) is 25.9. The molecule has 4 heterocycles. The number of benzene rings is 1. The molecular formula is C28H37N3O6. The molecule has 4 aliphatic rings. The van der Waals surface area contributed by atoms with Crippen LogP contribution in [-0.4, -0.2) is 76.8 Å². The first-order valence-corrected chi connectivity index (χ1v) is 13.2. The lowest BCUT2D eigenvalue weighted by Crippen LogP contribution is -2.47. The summed E-state index contributed by atoms with van der Waals surface area (Å²) in [5.74, 6) is -1.33. The van der Waals surface area contributed by atoms with Gasteiger partial charge in [0.15, 0.2) is 5.60 Å². The maximum atomic E-state index is 14.1. The third-order valence-electron chi connectivity index (χ3n) is 8.73. The Morgan fingerprint density at radius 3 is 2.65 bits per heavy atom. The van der Waals surface area contributed by atoms with Crippen LogP contribution in [0.15, 0.2) is 30.9 Å². The van der Waals surface area contributed by atoms with E-state index in [1.807, 2.05) is 25.1 Å². The van der Waals surface area contributed by atoms with E-state index in [1.165, 1.54) is 0 Å². The number of aliphatic hydroxyl groups excluding tert-OH is 1. The maximum Gasteiger partial charge on any atom is 0.264 e. The molecule has 200 valence electrons. The first-order chi connectivity index (χ1) is 17.5. The number of carbonyl (C=O) groups is 3. The fourth-order valence-corrected chi connectivity index (χ4v) is 6.97. The highest BCUT2D eigenvalue weighted by molar-refractivity contribution is 6.09. The number of ether oxygens (including phenoxy) is 1. The molecule has 37 heavy (non-hydrogen) atoms. The lowest BCUT2D eigenvalue weighted by atomic mass is 9.70. The zero-order valence-corrected chi connectivity index (χ0v) is 21.9. The minimum absolute atomic E-state index is 0.00558. The van der Waals surface area contributed by atoms with E-state index in [4.69, 9.17) is 4.74 Å². The van der Waals surface area contributed by atoms with Gasteiger partial charge in [0, 0.05) is 49.1 Å². The largest absolute Gasteiger partial charge is 0.394 e. The highest BCUT2D eigenvalue weighted by Crippen LogP contribution is 2.58. The van der Waals surface area contributed by atoms with Gasteiger partial charge in [0.1, 0.15) is 0 Å². The summed E-state index contributed by atoms with van der Waals surface area (Å²) in [7, 11) is 0. The fourth-order valence-electron chi connectivity index (χ4n) is 6.97. The number of anilines is 2. The van der Waals surface area contributed by atoms with Crippen molar-refractivity contribution in [3.05, 3.63) is 36.4 Å². The molecule has 0 saturated carbocycles. The number of amides is 3. The van der Waals surface area contributed by atoms with E-state index in [2.05, 4.69) is 6.58 Å². The van der Waals surface area contributed by atoms with E-state index in [-0.39, 0.29) is 43.3 Å². The summed E-state index contributed by atoms with van der Waals surface area (Å²) in [5, 5.41) is 21.0. The highest BCUT2D eigenvalue weighted by Gasteiger charge is 2.66. The van der Waals surface area contributed by atoms with Crippen LogP contribution >= 0.6 is 0 Å². The van der Waals surface area contributed by atoms with E-state index in [0.717, 1.165) is 12.8 Å². The van der Waals surface area contributed by atoms with Crippen molar-refractivity contribution >= 4 is 29.1 Å². The van der Waals surface area contributed by atoms with Crippen LogP contribution in [0.1, 0.15) is 52.0 Å². The van der Waals surface area contributed by atoms with Gasteiger partial charge in [-0.2, -0.15) is 0 Å². The van der Waals surface area contributed by atoms with E-state index >= 15 is 0 Å². The number of carbonyl (C=O) groups excluding carboxylic acids is 3. The predicted octanol–water partition coefficient (Wildman–Crippen LogP) is 1.95. The summed E-state index contributed by atoms with van der Waals surface area (Å²) < 4.78 is 6.69. The molecule has 0 aromatic heterocycles. The van der Waals surface area contributed by atoms with Gasteiger partial charge in [0.2, 0.25) is 11.8 Å². The number of hydrogen-bond acceptors (Lipinski definition) is 6. The average molecular weight is 512 g/mol. The highest BCUT2D eigenvalue weighted by atomic mass is 16.5. The zero-order valence-electron chi connectivity index (χ0n) is 21.9. The Labute approximate surface area is 217 Å². The molecule has 1 spiro atoms. The molecule has 3 amide bonds. The Hall–Kier alpha value is -2.75. The van der Waals surface area contributed by atoms with Gasteiger partial charge >= 0.3 is 0 Å². The van der Waals surface area contributed by atoms with Crippen molar-refractivity contribution in [2.75, 3.05) is 36.0 Å². The maximum absolute atomic E-state index is 14.1. The van der Waals surface area contributed by atoms with Gasteiger partial charge < -0.3 is 29.6 Å². The van der Waals surface area contributed by atoms with Gasteiger partial charge in [0.05, 0.1) is 36.5 Å². The molecule has 5 rings (SSSR count). The summed E-state index contributed by atoms with van der Waals surface area (Å²) >= 11 is 0. The lowest BCUT2D eigenvalue weighted by Gasteiger charge is -2.35. The van der Waals surface area contributed by atoms with Crippen LogP contribution in [0.2, 0.25) is 0 Å². The molecule has 0 radical (unpaired) electrons. The molecule has 9 heteroatoms. The van der Waals surface area contributed by atoms with Crippen molar-refractivity contribution in [2.24, 2.45) is 11.8 Å². The molecule has 0 aliphatic carbocycles. The molecule has 4 aliphatic heterocycles. The zero-order chi connectivity index (χ0) is 26.7. The van der Waals surface area contributed by atoms with Crippen LogP contribution in [0.5, 0.6) is 0 Å². The van der Waals surface area contributed by atoms with Crippen LogP contribution in [0.3, 0.4) is 0 Å². The molecule has 3 fully saturated rings. The van der Waals surface area contributed by atoms with E-state index < -0.39 is 29.1 Å². The SMILES string of the molecule is C=CCN1C(=O)[C@@]2(O[C@@H](CC(=O)N3CCC[C@H]3CO)[C@H](C(C)(C)O)[C@H]2C)c2cc(N3CCC3=O)ccc21. The second-order valence-electron chi connectivity index (χ2n) is 11.3. The van der Waals surface area contributed by atoms with Gasteiger partial charge in [0.25, 0.3) is 5.91 Å². The van der Waals surface area contributed by atoms with Gasteiger partial charge in [-0.15, -0.1) is 6.58 Å². The standard InChI is InChI=1S/C28H37N3O6/c1-5-11-31-21-9-8-18(30-13-10-23(30)33)14-20(21)28(26(31)35)17(2)25(27(3,4)36)22(37-28)15-24(34)29-12-6-7-19(29)16-32/h5,8-9,14,17,19,22,25,32,36H,1,6-7,10-13,15-16H2,2-4H3/t17-,19+,22+,25-,28+/m1/s1. The summed E-state index contributed by atoms with van der Waals surface area (Å²) in [4.78, 5) is 44.7. The monoisotopic (exact) mass is 511 g/mol. The van der Waals surface area contributed by atoms with Gasteiger partial charge in [-0.25, -0.2) is 0 Å². The molecule has 1 aromatic rings. The number of aliphatic hydroxyl groups is 2. The molecular weight excluding hydrogens is 474 g/mol. The summed E-state index contributed by atoms with van der Waals surface area (Å²) in [6.07, 6.45) is 3.03. The number of hydrogen-bond donors (Lipinski definition) is 2. The molecule has 5 atom stereocenters. The number of rotatable bonds is 7. The van der Waals surface area contributed by atoms with Gasteiger partial charge in [-0.1, -0.05) is 13.0 Å². The van der Waals surface area contributed by atoms with Crippen LogP contribution in [0, 0.1) is 11.8 Å². The Morgan fingerprint density at radius 1 is 1.30 bits per heavy atom. The predicted molar refractivity (Wildman–Crippen MR) is 138 cm³/mol. The van der Waals surface area contributed by atoms with E-state index in [9.17, 15) is 24.6 Å². The van der Waals surface area contributed by atoms with Crippen LogP contribution in [0.4, 0.5) is 11.4 Å². The average Bonchev–Trinajstić information content (AvgIpc) is 3.49. The fraction of sp³-hybridized carbons (Fsp3) is 0.607. The van der Waals surface area contributed by atoms with Crippen molar-refractivity contribution < 1.29 is 29.3 Å². The lowest BCUT2D eigenvalue weighted by molar-refractivity contribution is -0.150. The van der Waals surface area contributed by atoms with E-state index in [0.29, 0.717) is 36.4 Å². The summed E-state index contributed by atoms with van der Waals surface area (Å²) in [6.45, 7) is 10.5. The smallest absolute Gasteiger partial charge is 0.264 e. The third kappa shape index (κ3) is 3.90. The number of fused-ring (bicyclic) bond motifs is 2. The Bertz CT molecular complexity index is 1130. The van der Waals surface area contributed by atoms with Crippen molar-refractivity contribution in [3.8, 4) is 0 Å². The first-order valence-electron chi connectivity index (χ1n) is 13.2. The topological polar surface area (TPSA) is 111 Å². The summed E-state index contributed by atoms with van der Waals surface area (Å²) in [6, 6.07) is 5.33. The number of likely N-dealkylation sites (tertiary alicyclic amines) is 1. The Kier molecular flexibility index (Phi) is 6.45. The normalized spacial score (nSPS) is 31.3. The molecule has 9 nitrogen and oxygen atoms in total. The number of β-lactam (4-membered cyclic amide) rings is 1. The molecule has 1 aromatic carbocycles. The molecule has 3 saturated heterocycles. The minimum atomic E-state index is -1.40. The minimum Gasteiger partial charge on any atom is -0.394 e. The quantitative estimate of drug-likeness (QED) is 0.428. The molecule has 0 bridgehead atoms. The second-order valence-corrected chi connectivity index (χ2v) is 11.3. The van der Waals surface area contributed by atoms with E-state index in [1.54, 1.807) is 34.6 Å². The summed E-state index contributed by atoms with van der Waals surface area (Å²) in [5.41, 5.74) is -0.579. The molecule has 0 unspecified atom stereocenters. The van der Waals surface area contributed by atoms with Crippen molar-refractivity contribution in [3.63, 3.8) is 0 Å². The van der Waals surface area contributed by atoms with Crippen molar-refractivity contribution in [2.45, 2.75) is 69.8 Å². The molecule has 2 N–H and O–H groups in total. The Morgan fingerprint density at radius 2 is 2.05 bits per heavy atom. The van der Waals surface area contributed by atoms with Crippen LogP contribution in [-0.2, 0) is 24.7 Å². The van der Waals surface area contributed by atoms with Gasteiger partial charge in [-0.3, -0.25) is 14.4 Å². The van der Waals surface area contributed by atoms with Crippen LogP contribution < -0.4 is 9.80 Å². The van der Waals surface area contributed by atoms with Crippen LogP contribution in [0.25, 0.3) is 0 Å². The second kappa shape index (κ2) is 9.22. The van der Waals surface area contributed by atoms with Crippen molar-refractivity contribution in [1.29, 1.82) is 0 Å². The number of nitrogens with zero attached hydrogens (tertiary/aromatic N) is 3. The third-order valence-corrected chi connectivity index (χ3v) is 8.73. The van der Waals surface area contributed by atoms with Gasteiger partial charge in [-0.05, 0) is 44.9 Å². The van der Waals surface area contributed by atoms with Crippen molar-refractivity contribution in [1.82, 2.24) is 4.90 Å². The Balaban J connectivity index is 1.56.